The van der Waals surface area contributed by atoms with Crippen LogP contribution in [0.1, 0.15) is 0 Å². The van der Waals surface area contributed by atoms with Crippen molar-refractivity contribution in [3.63, 3.8) is 0 Å². The summed E-state index contributed by atoms with van der Waals surface area (Å²) < 4.78 is 36.1. The number of halogens is 3. The lowest BCUT2D eigenvalue weighted by Crippen LogP contribution is -2.35. The molecule has 1 aromatic carbocycles. The molecule has 0 saturated heterocycles. The number of alkyl halides is 3. The predicted molar refractivity (Wildman–Crippen MR) is 51.3 cm³/mol. The second-order valence-corrected chi connectivity index (χ2v) is 2.71. The Bertz CT molecular complexity index is 375. The zero-order valence-electron chi connectivity index (χ0n) is 8.07. The van der Waals surface area contributed by atoms with Crippen molar-refractivity contribution in [2.75, 3.05) is 5.06 Å². The van der Waals surface area contributed by atoms with Gasteiger partial charge >= 0.3 is 6.36 Å². The Morgan fingerprint density at radius 3 is 2.31 bits per heavy atom. The van der Waals surface area contributed by atoms with Crippen molar-refractivity contribution in [2.24, 2.45) is 0 Å². The Kier molecular flexibility index (Phi) is 3.68. The van der Waals surface area contributed by atoms with Gasteiger partial charge in [0, 0.05) is 0 Å². The van der Waals surface area contributed by atoms with Crippen LogP contribution < -0.4 is 5.06 Å². The van der Waals surface area contributed by atoms with E-state index >= 15 is 0 Å². The molecule has 1 rings (SSSR count). The third-order valence-corrected chi connectivity index (χ3v) is 1.56. The van der Waals surface area contributed by atoms with Crippen molar-refractivity contribution in [1.29, 1.82) is 0 Å². The van der Waals surface area contributed by atoms with E-state index in [1.165, 1.54) is 24.3 Å². The molecule has 0 saturated carbocycles. The smallest absolute Gasteiger partial charge is 0.267 e. The van der Waals surface area contributed by atoms with Crippen LogP contribution in [-0.2, 0) is 9.63 Å². The maximum atomic E-state index is 12.0. The number of amides is 1. The molecule has 0 aliphatic heterocycles. The number of hydrogen-bond acceptors (Lipinski definition) is 2. The van der Waals surface area contributed by atoms with Gasteiger partial charge in [-0.3, -0.25) is 4.79 Å². The molecule has 6 heteroatoms. The van der Waals surface area contributed by atoms with Gasteiger partial charge in [-0.05, 0) is 18.2 Å². The summed E-state index contributed by atoms with van der Waals surface area (Å²) in [7, 11) is 0. The van der Waals surface area contributed by atoms with E-state index in [1.54, 1.807) is 6.07 Å². The van der Waals surface area contributed by atoms with Gasteiger partial charge in [-0.15, -0.1) is 13.2 Å². The van der Waals surface area contributed by atoms with Crippen LogP contribution in [0.15, 0.2) is 43.0 Å². The lowest BCUT2D eigenvalue weighted by atomic mass is 10.3. The zero-order chi connectivity index (χ0) is 12.2. The first-order valence-electron chi connectivity index (χ1n) is 4.21. The molecule has 1 aromatic rings. The van der Waals surface area contributed by atoms with E-state index in [0.29, 0.717) is 0 Å². The first-order chi connectivity index (χ1) is 7.44. The normalized spacial score (nSPS) is 10.9. The molecule has 0 aliphatic rings. The van der Waals surface area contributed by atoms with Crippen LogP contribution in [0, 0.1) is 0 Å². The summed E-state index contributed by atoms with van der Waals surface area (Å²) in [5.74, 6) is -0.997. The Morgan fingerprint density at radius 1 is 1.31 bits per heavy atom. The molecular weight excluding hydrogens is 223 g/mol. The fourth-order valence-corrected chi connectivity index (χ4v) is 0.975. The number of carbonyl (C=O) groups excluding carboxylic acids is 1. The summed E-state index contributed by atoms with van der Waals surface area (Å²) in [6.07, 6.45) is -4.20. The second-order valence-electron chi connectivity index (χ2n) is 2.71. The molecule has 0 atom stereocenters. The summed E-state index contributed by atoms with van der Waals surface area (Å²) in [5.41, 5.74) is -0.0234. The minimum Gasteiger partial charge on any atom is -0.267 e. The molecule has 86 valence electrons. The van der Waals surface area contributed by atoms with Gasteiger partial charge in [-0.25, -0.2) is 0 Å². The van der Waals surface area contributed by atoms with Crippen LogP contribution >= 0.6 is 0 Å². The monoisotopic (exact) mass is 231 g/mol. The van der Waals surface area contributed by atoms with Crippen molar-refractivity contribution in [3.8, 4) is 0 Å². The largest absolute Gasteiger partial charge is 0.544 e. The molecule has 0 heterocycles. The molecule has 16 heavy (non-hydrogen) atoms. The number of benzene rings is 1. The van der Waals surface area contributed by atoms with Gasteiger partial charge in [0.15, 0.2) is 0 Å². The van der Waals surface area contributed by atoms with Crippen molar-refractivity contribution < 1.29 is 22.8 Å². The van der Waals surface area contributed by atoms with E-state index in [0.717, 1.165) is 6.08 Å². The highest BCUT2D eigenvalue weighted by atomic mass is 19.4. The maximum Gasteiger partial charge on any atom is 0.544 e. The number of carbonyl (C=O) groups is 1. The van der Waals surface area contributed by atoms with E-state index in [2.05, 4.69) is 11.4 Å². The van der Waals surface area contributed by atoms with Crippen LogP contribution in [-0.4, -0.2) is 12.3 Å². The first-order valence-corrected chi connectivity index (χ1v) is 4.21. The minimum absolute atomic E-state index is 0.0234. The number of rotatable bonds is 3. The summed E-state index contributed by atoms with van der Waals surface area (Å²) in [5, 5.41) is 0.132. The SMILES string of the molecule is C=CC(=O)N(OC(F)(F)F)c1ccccc1. The van der Waals surface area contributed by atoms with Crippen molar-refractivity contribution in [2.45, 2.75) is 6.36 Å². The summed E-state index contributed by atoms with van der Waals surface area (Å²) >= 11 is 0. The predicted octanol–water partition coefficient (Wildman–Crippen LogP) is 2.66. The van der Waals surface area contributed by atoms with Crippen LogP contribution in [0.25, 0.3) is 0 Å². The van der Waals surface area contributed by atoms with E-state index in [1.807, 2.05) is 0 Å². The topological polar surface area (TPSA) is 29.5 Å². The highest BCUT2D eigenvalue weighted by Gasteiger charge is 2.35. The van der Waals surface area contributed by atoms with E-state index < -0.39 is 12.3 Å². The molecule has 0 fully saturated rings. The van der Waals surface area contributed by atoms with E-state index in [4.69, 9.17) is 0 Å². The van der Waals surface area contributed by atoms with Gasteiger partial charge < -0.3 is 0 Å². The second kappa shape index (κ2) is 4.80. The van der Waals surface area contributed by atoms with E-state index in [9.17, 15) is 18.0 Å². The lowest BCUT2D eigenvalue weighted by molar-refractivity contribution is -0.326. The number of hydrogen-bond donors (Lipinski definition) is 0. The Balaban J connectivity index is 2.97. The number of nitrogens with zero attached hydrogens (tertiary/aromatic N) is 1. The third-order valence-electron chi connectivity index (χ3n) is 1.56. The fourth-order valence-electron chi connectivity index (χ4n) is 0.975. The fraction of sp³-hybridized carbons (Fsp3) is 0.100. The zero-order valence-corrected chi connectivity index (χ0v) is 8.07. The molecule has 0 aliphatic carbocycles. The summed E-state index contributed by atoms with van der Waals surface area (Å²) in [6, 6.07) is 7.20. The highest BCUT2D eigenvalue weighted by Crippen LogP contribution is 2.23. The van der Waals surface area contributed by atoms with Gasteiger partial charge in [-0.1, -0.05) is 24.8 Å². The van der Waals surface area contributed by atoms with Gasteiger partial charge in [-0.2, -0.15) is 9.90 Å². The molecule has 0 aromatic heterocycles. The van der Waals surface area contributed by atoms with Crippen LogP contribution in [0.5, 0.6) is 0 Å². The summed E-state index contributed by atoms with van der Waals surface area (Å²) in [4.78, 5) is 14.8. The van der Waals surface area contributed by atoms with Crippen LogP contribution in [0.4, 0.5) is 18.9 Å². The molecule has 0 spiro atoms. The standard InChI is InChI=1S/C10H8F3NO2/c1-2-9(15)14(16-10(11,12)13)8-6-4-3-5-7-8/h2-7H,1H2. The molecule has 0 N–H and O–H groups in total. The van der Waals surface area contributed by atoms with Crippen molar-refractivity contribution >= 4 is 11.6 Å². The average Bonchev–Trinajstić information content (AvgIpc) is 2.25. The summed E-state index contributed by atoms with van der Waals surface area (Å²) in [6.45, 7) is 3.10. The molecule has 0 unspecified atom stereocenters. The van der Waals surface area contributed by atoms with Gasteiger partial charge in [0.2, 0.25) is 0 Å². The molecular formula is C10H8F3NO2. The first kappa shape index (κ1) is 12.3. The molecule has 0 bridgehead atoms. The molecule has 0 radical (unpaired) electrons. The number of hydroxylamine groups is 1. The van der Waals surface area contributed by atoms with Gasteiger partial charge in [0.1, 0.15) is 0 Å². The van der Waals surface area contributed by atoms with Gasteiger partial charge in [0.25, 0.3) is 5.91 Å². The number of para-hydroxylation sites is 1. The Labute approximate surface area is 89.7 Å². The third kappa shape index (κ3) is 3.39. The van der Waals surface area contributed by atoms with Crippen LogP contribution in [0.3, 0.4) is 0 Å². The molecule has 1 amide bonds. The number of anilines is 1. The maximum absolute atomic E-state index is 12.0. The molecule has 3 nitrogen and oxygen atoms in total. The average molecular weight is 231 g/mol. The Hall–Kier alpha value is -1.82. The lowest BCUT2D eigenvalue weighted by Gasteiger charge is -2.21. The van der Waals surface area contributed by atoms with E-state index in [-0.39, 0.29) is 10.8 Å². The van der Waals surface area contributed by atoms with Crippen LogP contribution in [0.2, 0.25) is 0 Å². The van der Waals surface area contributed by atoms with Crippen molar-refractivity contribution in [3.05, 3.63) is 43.0 Å². The minimum atomic E-state index is -4.94. The highest BCUT2D eigenvalue weighted by molar-refractivity contribution is 5.99. The quantitative estimate of drug-likeness (QED) is 0.591. The van der Waals surface area contributed by atoms with Gasteiger partial charge in [0.05, 0.1) is 5.69 Å². The van der Waals surface area contributed by atoms with Crippen molar-refractivity contribution in [1.82, 2.24) is 0 Å². The Morgan fingerprint density at radius 2 is 1.88 bits per heavy atom.